The molecule has 0 rings (SSSR count). The highest BCUT2D eigenvalue weighted by Crippen LogP contribution is 2.13. The van der Waals surface area contributed by atoms with Crippen molar-refractivity contribution in [1.82, 2.24) is 46.6 Å². The van der Waals surface area contributed by atoms with Gasteiger partial charge < -0.3 is 72.8 Å². The van der Waals surface area contributed by atoms with Gasteiger partial charge >= 0.3 is 11.9 Å². The van der Waals surface area contributed by atoms with Crippen LogP contribution in [0.1, 0.15) is 151 Å². The fourth-order valence-corrected chi connectivity index (χ4v) is 8.19. The fraction of sp³-hybridized carbons (Fsp3) is 0.736. The van der Waals surface area contributed by atoms with E-state index in [4.69, 9.17) is 12.2 Å². The molecular weight excluding hydrogens is 1030 g/mol. The lowest BCUT2D eigenvalue weighted by atomic mass is 10.0. The smallest absolute Gasteiger partial charge is 0.305 e. The molecule has 0 unspecified atom stereocenters. The lowest BCUT2D eigenvalue weighted by Gasteiger charge is -2.30. The Hall–Kier alpha value is -6.88. The molecule has 26 heteroatoms. The van der Waals surface area contributed by atoms with Crippen LogP contribution in [0.4, 0.5) is 0 Å². The maximum atomic E-state index is 14.3. The van der Waals surface area contributed by atoms with Crippen LogP contribution in [0.15, 0.2) is 0 Å². The van der Waals surface area contributed by atoms with Crippen LogP contribution in [-0.4, -0.2) is 195 Å². The molecule has 0 aromatic heterocycles. The number of hydrogen-bond acceptors (Lipinski definition) is 14. The second kappa shape index (κ2) is 40.3. The summed E-state index contributed by atoms with van der Waals surface area (Å²) in [6, 6.07) is -9.90. The van der Waals surface area contributed by atoms with Crippen LogP contribution in [0, 0.1) is 24.2 Å². The van der Waals surface area contributed by atoms with Gasteiger partial charge in [-0.25, -0.2) is 0 Å². The summed E-state index contributed by atoms with van der Waals surface area (Å²) in [7, 11) is 0. The molecule has 0 aliphatic heterocycles. The van der Waals surface area contributed by atoms with E-state index in [0.717, 1.165) is 67.6 Å². The predicted octanol–water partition coefficient (Wildman–Crippen LogP) is -0.733. The Labute approximate surface area is 464 Å². The maximum absolute atomic E-state index is 14.3. The van der Waals surface area contributed by atoms with Gasteiger partial charge in [0.2, 0.25) is 59.1 Å². The van der Waals surface area contributed by atoms with Crippen LogP contribution < -0.4 is 37.6 Å². The minimum Gasteiger partial charge on any atom is -0.481 e. The van der Waals surface area contributed by atoms with Crippen molar-refractivity contribution in [2.75, 3.05) is 52.5 Å². The van der Waals surface area contributed by atoms with E-state index in [1.54, 1.807) is 27.7 Å². The minimum absolute atomic E-state index is 0.0299. The van der Waals surface area contributed by atoms with Crippen LogP contribution >= 0.6 is 0 Å². The van der Waals surface area contributed by atoms with E-state index in [9.17, 15) is 78.0 Å². The number of carboxylic acids is 2. The largest absolute Gasteiger partial charge is 0.481 e. The first-order chi connectivity index (χ1) is 37.2. The van der Waals surface area contributed by atoms with Crippen molar-refractivity contribution >= 4 is 71.0 Å². The summed E-state index contributed by atoms with van der Waals surface area (Å²) in [4.78, 5) is 160. The molecule has 0 aliphatic rings. The lowest BCUT2D eigenvalue weighted by molar-refractivity contribution is -0.146. The van der Waals surface area contributed by atoms with Crippen molar-refractivity contribution in [3.8, 4) is 12.3 Å². The van der Waals surface area contributed by atoms with Crippen LogP contribution in [0.25, 0.3) is 0 Å². The molecule has 0 aliphatic carbocycles. The first kappa shape index (κ1) is 72.1. The van der Waals surface area contributed by atoms with Crippen LogP contribution in [-0.2, 0) is 57.5 Å². The quantitative estimate of drug-likeness (QED) is 0.0265. The van der Waals surface area contributed by atoms with Crippen LogP contribution in [0.2, 0.25) is 0 Å². The predicted molar refractivity (Wildman–Crippen MR) is 289 cm³/mol. The Morgan fingerprint density at radius 3 is 1.22 bits per heavy atom. The second-order valence-corrected chi connectivity index (χ2v) is 20.4. The summed E-state index contributed by atoms with van der Waals surface area (Å²) in [6.45, 7) is 8.02. The molecule has 0 saturated heterocycles. The number of hydrogen-bond donors (Lipinski definition) is 11. The number of carbonyl (C=O) groups is 12. The number of unbranched alkanes of at least 4 members (excludes halogenated alkanes) is 10. The summed E-state index contributed by atoms with van der Waals surface area (Å²) in [5.74, 6) is -11.0. The highest BCUT2D eigenvalue weighted by molar-refractivity contribution is 5.98. The molecule has 0 heterocycles. The standard InChI is InChI=1S/C53H90N10O16/c1-9-12-14-16-18-20-23-61(36(8)66)30-44(68)56-41(32-64)50(76)57-38(26-35(6)7)49(75)60-42(33-65)51(77)58-37(25-34(4)5)48(74)59-40(28-47(72)73)53(79)63(24-21-19-17-15-13-10-2)31-45(69)55-39(27-46(70)71)52(78)62(22-11-3)29-43(54)67/h3,34-35,37-42,64-65H,9-10,12-33H2,1-2,4-8H3,(H2,54,67)(H,55,69)(H,56,68)(H,57,76)(H,58,77)(H,59,74)(H,60,75)(H,70,71)(H,72,73)/t37-,38-,39-,40-,41-,42-/m0/s1. The van der Waals surface area contributed by atoms with Crippen LogP contribution in [0.3, 0.4) is 0 Å². The van der Waals surface area contributed by atoms with Gasteiger partial charge in [-0.05, 0) is 37.5 Å². The number of nitrogens with one attached hydrogen (secondary N) is 6. The number of carboxylic acid groups (broad SMARTS) is 2. The number of aliphatic hydroxyl groups is 2. The van der Waals surface area contributed by atoms with Gasteiger partial charge in [0, 0.05) is 20.0 Å². The number of aliphatic hydroxyl groups excluding tert-OH is 2. The first-order valence-electron chi connectivity index (χ1n) is 27.2. The highest BCUT2D eigenvalue weighted by Gasteiger charge is 2.36. The summed E-state index contributed by atoms with van der Waals surface area (Å²) in [5.41, 5.74) is 5.24. The van der Waals surface area contributed by atoms with Gasteiger partial charge in [-0.15, -0.1) is 6.42 Å². The topological polar surface area (TPSA) is 394 Å². The number of terminal acetylenes is 1. The summed E-state index contributed by atoms with van der Waals surface area (Å²) in [5, 5.41) is 54.2. The van der Waals surface area contributed by atoms with E-state index in [0.29, 0.717) is 25.8 Å². The number of carbonyl (C=O) groups excluding carboxylic acids is 10. The third-order valence-electron chi connectivity index (χ3n) is 12.3. The molecule has 0 spiro atoms. The summed E-state index contributed by atoms with van der Waals surface area (Å²) >= 11 is 0. The number of amides is 10. The highest BCUT2D eigenvalue weighted by atomic mass is 16.4. The molecule has 0 radical (unpaired) electrons. The van der Waals surface area contributed by atoms with Crippen molar-refractivity contribution < 1.29 is 78.0 Å². The van der Waals surface area contributed by atoms with Gasteiger partial charge in [0.1, 0.15) is 42.8 Å². The normalized spacial score (nSPS) is 13.2. The van der Waals surface area contributed by atoms with Crippen molar-refractivity contribution in [2.24, 2.45) is 17.6 Å². The summed E-state index contributed by atoms with van der Waals surface area (Å²) < 4.78 is 0. The Kier molecular flexibility index (Phi) is 36.8. The zero-order valence-electron chi connectivity index (χ0n) is 47.3. The molecule has 0 bridgehead atoms. The third-order valence-corrected chi connectivity index (χ3v) is 12.3. The number of nitrogens with two attached hydrogens (primary N) is 1. The van der Waals surface area contributed by atoms with Gasteiger partial charge in [0.05, 0.1) is 45.7 Å². The Morgan fingerprint density at radius 2 is 0.823 bits per heavy atom. The third kappa shape index (κ3) is 31.3. The van der Waals surface area contributed by atoms with Crippen molar-refractivity contribution in [2.45, 2.75) is 187 Å². The molecule has 0 saturated carbocycles. The van der Waals surface area contributed by atoms with Gasteiger partial charge in [0.15, 0.2) is 0 Å². The van der Waals surface area contributed by atoms with Crippen molar-refractivity contribution in [3.63, 3.8) is 0 Å². The molecule has 12 N–H and O–H groups in total. The van der Waals surface area contributed by atoms with E-state index in [1.807, 2.05) is 6.92 Å². The van der Waals surface area contributed by atoms with E-state index < -0.39 is 147 Å². The second-order valence-electron chi connectivity index (χ2n) is 20.4. The Morgan fingerprint density at radius 1 is 0.481 bits per heavy atom. The monoisotopic (exact) mass is 1120 g/mol. The molecule has 6 atom stereocenters. The molecule has 0 aromatic carbocycles. The molecule has 448 valence electrons. The molecular formula is C53H90N10O16. The molecule has 0 aromatic rings. The van der Waals surface area contributed by atoms with E-state index in [1.165, 1.54) is 11.8 Å². The molecule has 79 heavy (non-hydrogen) atoms. The average Bonchev–Trinajstić information content (AvgIpc) is 3.36. The van der Waals surface area contributed by atoms with E-state index in [2.05, 4.69) is 44.7 Å². The van der Waals surface area contributed by atoms with Crippen molar-refractivity contribution in [3.05, 3.63) is 0 Å². The Balaban J connectivity index is 6.55. The van der Waals surface area contributed by atoms with Gasteiger partial charge in [-0.3, -0.25) is 57.5 Å². The number of nitrogens with zero attached hydrogens (tertiary/aromatic N) is 3. The lowest BCUT2D eigenvalue weighted by Crippen LogP contribution is -2.61. The minimum atomic E-state index is -1.87. The fourth-order valence-electron chi connectivity index (χ4n) is 8.19. The van der Waals surface area contributed by atoms with Crippen LogP contribution in [0.5, 0.6) is 0 Å². The number of aliphatic carboxylic acids is 2. The van der Waals surface area contributed by atoms with Gasteiger partial charge in [-0.2, -0.15) is 0 Å². The molecule has 26 nitrogen and oxygen atoms in total. The number of rotatable bonds is 43. The summed E-state index contributed by atoms with van der Waals surface area (Å²) in [6.07, 6.45) is 13.2. The maximum Gasteiger partial charge on any atom is 0.305 e. The first-order valence-corrected chi connectivity index (χ1v) is 27.2. The molecule has 10 amide bonds. The Bertz CT molecular complexity index is 2050. The van der Waals surface area contributed by atoms with Crippen molar-refractivity contribution in [1.29, 1.82) is 0 Å². The molecule has 0 fully saturated rings. The van der Waals surface area contributed by atoms with Gasteiger partial charge in [0.25, 0.3) is 0 Å². The van der Waals surface area contributed by atoms with E-state index >= 15 is 0 Å². The van der Waals surface area contributed by atoms with E-state index in [-0.39, 0.29) is 43.7 Å². The van der Waals surface area contributed by atoms with Gasteiger partial charge in [-0.1, -0.05) is 112 Å². The zero-order chi connectivity index (χ0) is 60.2. The zero-order valence-corrected chi connectivity index (χ0v) is 47.3. The average molecular weight is 1120 g/mol. The SMILES string of the molecule is C#CCN(CC(N)=O)C(=O)[C@H](CC(=O)O)NC(=O)CN(CCCCCCCC)C(=O)[C@H](CC(=O)O)NC(=O)[C@H](CC(C)C)NC(=O)[C@H](CO)NC(=O)[C@H](CC(C)C)NC(=O)[C@H](CO)NC(=O)CN(CCCCCCCC)C(C)=O. The number of primary amides is 1.